The highest BCUT2D eigenvalue weighted by molar-refractivity contribution is 5.77. The van der Waals surface area contributed by atoms with E-state index in [0.29, 0.717) is 12.5 Å². The van der Waals surface area contributed by atoms with E-state index in [1.807, 2.05) is 23.1 Å². The number of nitrogens with zero attached hydrogens (tertiary/aromatic N) is 2. The summed E-state index contributed by atoms with van der Waals surface area (Å²) in [6.07, 6.45) is 4.74. The number of carbonyl (C=O) groups is 1. The van der Waals surface area contributed by atoms with Crippen molar-refractivity contribution in [2.75, 3.05) is 19.7 Å². The predicted octanol–water partition coefficient (Wildman–Crippen LogP) is 3.08. The van der Waals surface area contributed by atoms with Gasteiger partial charge in [-0.1, -0.05) is 18.2 Å². The van der Waals surface area contributed by atoms with Crippen LogP contribution in [0.25, 0.3) is 0 Å². The average molecular weight is 328 g/mol. The molecule has 0 bridgehead atoms. The maximum atomic E-state index is 13.5. The number of rotatable bonds is 5. The summed E-state index contributed by atoms with van der Waals surface area (Å²) >= 11 is 0. The second kappa shape index (κ2) is 7.90. The van der Waals surface area contributed by atoms with Crippen LogP contribution in [-0.2, 0) is 11.2 Å². The molecule has 3 rings (SSSR count). The fraction of sp³-hybridized carbons (Fsp3) is 0.368. The molecule has 1 atom stereocenters. The van der Waals surface area contributed by atoms with Gasteiger partial charge in [-0.05, 0) is 49.4 Å². The van der Waals surface area contributed by atoms with Crippen LogP contribution >= 0.6 is 0 Å². The van der Waals surface area contributed by atoms with Gasteiger partial charge in [0.25, 0.3) is 5.91 Å². The molecule has 2 heterocycles. The van der Waals surface area contributed by atoms with Crippen molar-refractivity contribution in [2.24, 2.45) is 5.92 Å². The first-order chi connectivity index (χ1) is 11.7. The summed E-state index contributed by atoms with van der Waals surface area (Å²) in [7, 11) is 0. The molecule has 0 radical (unpaired) electrons. The van der Waals surface area contributed by atoms with Crippen LogP contribution in [0.3, 0.4) is 0 Å². The summed E-state index contributed by atoms with van der Waals surface area (Å²) in [4.78, 5) is 18.5. The van der Waals surface area contributed by atoms with Gasteiger partial charge in [-0.3, -0.25) is 9.78 Å². The van der Waals surface area contributed by atoms with E-state index < -0.39 is 5.82 Å². The summed E-state index contributed by atoms with van der Waals surface area (Å²) in [6.45, 7) is 1.31. The van der Waals surface area contributed by atoms with Crippen LogP contribution in [0.5, 0.6) is 5.75 Å². The van der Waals surface area contributed by atoms with Crippen LogP contribution < -0.4 is 4.74 Å². The second-order valence-electron chi connectivity index (χ2n) is 6.09. The van der Waals surface area contributed by atoms with Gasteiger partial charge >= 0.3 is 0 Å². The van der Waals surface area contributed by atoms with Crippen LogP contribution in [0.1, 0.15) is 18.5 Å². The molecule has 1 unspecified atom stereocenters. The first-order valence-corrected chi connectivity index (χ1v) is 8.27. The van der Waals surface area contributed by atoms with E-state index >= 15 is 0 Å². The standard InChI is InChI=1S/C19H21FN2O2/c20-17-8-1-2-9-18(17)24-14-19(23)22-11-5-6-15(13-22)12-16-7-3-4-10-21-16/h1-4,7-10,15H,5-6,11-14H2. The number of aromatic nitrogens is 1. The summed E-state index contributed by atoms with van der Waals surface area (Å²) in [5, 5.41) is 0. The molecule has 0 aliphatic carbocycles. The molecular formula is C19H21FN2O2. The zero-order valence-electron chi connectivity index (χ0n) is 13.5. The third-order valence-corrected chi connectivity index (χ3v) is 4.28. The van der Waals surface area contributed by atoms with Crippen molar-refractivity contribution in [3.8, 4) is 5.75 Å². The topological polar surface area (TPSA) is 42.4 Å². The molecule has 0 N–H and O–H groups in total. The van der Waals surface area contributed by atoms with Crippen molar-refractivity contribution in [2.45, 2.75) is 19.3 Å². The van der Waals surface area contributed by atoms with Crippen LogP contribution in [0.15, 0.2) is 48.7 Å². The SMILES string of the molecule is O=C(COc1ccccc1F)N1CCCC(Cc2ccccn2)C1. The fourth-order valence-corrected chi connectivity index (χ4v) is 3.07. The molecule has 1 fully saturated rings. The first-order valence-electron chi connectivity index (χ1n) is 8.27. The predicted molar refractivity (Wildman–Crippen MR) is 89.1 cm³/mol. The summed E-state index contributed by atoms with van der Waals surface area (Å²) in [5.74, 6) is -0.0140. The molecule has 1 amide bonds. The Kier molecular flexibility index (Phi) is 5.41. The fourth-order valence-electron chi connectivity index (χ4n) is 3.07. The summed E-state index contributed by atoms with van der Waals surface area (Å²) < 4.78 is 18.9. The Hall–Kier alpha value is -2.43. The number of ether oxygens (including phenoxy) is 1. The van der Waals surface area contributed by atoms with Crippen molar-refractivity contribution in [1.82, 2.24) is 9.88 Å². The highest BCUT2D eigenvalue weighted by atomic mass is 19.1. The Morgan fingerprint density at radius 1 is 1.25 bits per heavy atom. The van der Waals surface area contributed by atoms with E-state index in [4.69, 9.17) is 4.74 Å². The van der Waals surface area contributed by atoms with Crippen molar-refractivity contribution < 1.29 is 13.9 Å². The van der Waals surface area contributed by atoms with Gasteiger partial charge in [0.05, 0.1) is 0 Å². The van der Waals surface area contributed by atoms with Crippen molar-refractivity contribution in [3.63, 3.8) is 0 Å². The number of amides is 1. The number of hydrogen-bond donors (Lipinski definition) is 0. The number of para-hydroxylation sites is 1. The summed E-state index contributed by atoms with van der Waals surface area (Å²) in [6, 6.07) is 12.0. The van der Waals surface area contributed by atoms with E-state index in [0.717, 1.165) is 31.5 Å². The molecule has 24 heavy (non-hydrogen) atoms. The minimum atomic E-state index is -0.447. The van der Waals surface area contributed by atoms with Gasteiger partial charge in [0.15, 0.2) is 18.2 Å². The Morgan fingerprint density at radius 2 is 2.08 bits per heavy atom. The van der Waals surface area contributed by atoms with Gasteiger partial charge < -0.3 is 9.64 Å². The molecule has 1 aliphatic rings. The molecule has 0 spiro atoms. The summed E-state index contributed by atoms with van der Waals surface area (Å²) in [5.41, 5.74) is 1.06. The number of piperidine rings is 1. The lowest BCUT2D eigenvalue weighted by molar-refractivity contribution is -0.135. The molecular weight excluding hydrogens is 307 g/mol. The molecule has 2 aromatic rings. The zero-order valence-corrected chi connectivity index (χ0v) is 13.5. The second-order valence-corrected chi connectivity index (χ2v) is 6.09. The number of benzene rings is 1. The molecule has 1 aromatic carbocycles. The quantitative estimate of drug-likeness (QED) is 0.847. The van der Waals surface area contributed by atoms with Gasteiger partial charge in [-0.2, -0.15) is 0 Å². The van der Waals surface area contributed by atoms with Gasteiger partial charge in [0, 0.05) is 25.0 Å². The van der Waals surface area contributed by atoms with Gasteiger partial charge in [0.2, 0.25) is 0 Å². The monoisotopic (exact) mass is 328 g/mol. The lowest BCUT2D eigenvalue weighted by Crippen LogP contribution is -2.42. The van der Waals surface area contributed by atoms with Gasteiger partial charge in [-0.15, -0.1) is 0 Å². The number of hydrogen-bond acceptors (Lipinski definition) is 3. The highest BCUT2D eigenvalue weighted by Gasteiger charge is 2.24. The number of halogens is 1. The van der Waals surface area contributed by atoms with Crippen LogP contribution in [0, 0.1) is 11.7 Å². The smallest absolute Gasteiger partial charge is 0.260 e. The Bertz CT molecular complexity index is 678. The lowest BCUT2D eigenvalue weighted by Gasteiger charge is -2.32. The average Bonchev–Trinajstić information content (AvgIpc) is 2.62. The third kappa shape index (κ3) is 4.31. The zero-order chi connectivity index (χ0) is 16.8. The van der Waals surface area contributed by atoms with Crippen LogP contribution in [0.2, 0.25) is 0 Å². The van der Waals surface area contributed by atoms with Crippen molar-refractivity contribution >= 4 is 5.91 Å². The molecule has 1 saturated heterocycles. The maximum absolute atomic E-state index is 13.5. The number of likely N-dealkylation sites (tertiary alicyclic amines) is 1. The third-order valence-electron chi connectivity index (χ3n) is 4.28. The van der Waals surface area contributed by atoms with E-state index in [2.05, 4.69) is 4.98 Å². The number of carbonyl (C=O) groups excluding carboxylic acids is 1. The Labute approximate surface area is 141 Å². The van der Waals surface area contributed by atoms with Gasteiger partial charge in [-0.25, -0.2) is 4.39 Å². The highest BCUT2D eigenvalue weighted by Crippen LogP contribution is 2.21. The van der Waals surface area contributed by atoms with Crippen LogP contribution in [-0.4, -0.2) is 35.5 Å². The molecule has 4 nitrogen and oxygen atoms in total. The molecule has 5 heteroatoms. The largest absolute Gasteiger partial charge is 0.481 e. The number of pyridine rings is 1. The lowest BCUT2D eigenvalue weighted by atomic mass is 9.93. The maximum Gasteiger partial charge on any atom is 0.260 e. The van der Waals surface area contributed by atoms with Crippen LogP contribution in [0.4, 0.5) is 4.39 Å². The molecule has 126 valence electrons. The van der Waals surface area contributed by atoms with Crippen molar-refractivity contribution in [3.05, 3.63) is 60.2 Å². The van der Waals surface area contributed by atoms with E-state index in [-0.39, 0.29) is 18.3 Å². The van der Waals surface area contributed by atoms with E-state index in [1.54, 1.807) is 18.3 Å². The Balaban J connectivity index is 1.52. The molecule has 1 aromatic heterocycles. The first kappa shape index (κ1) is 16.4. The normalized spacial score (nSPS) is 17.5. The minimum Gasteiger partial charge on any atom is -0.481 e. The molecule has 0 saturated carbocycles. The van der Waals surface area contributed by atoms with Gasteiger partial charge in [0.1, 0.15) is 0 Å². The Morgan fingerprint density at radius 3 is 2.88 bits per heavy atom. The minimum absolute atomic E-state index is 0.0935. The van der Waals surface area contributed by atoms with Crippen molar-refractivity contribution in [1.29, 1.82) is 0 Å². The van der Waals surface area contributed by atoms with E-state index in [9.17, 15) is 9.18 Å². The molecule has 1 aliphatic heterocycles. The van der Waals surface area contributed by atoms with E-state index in [1.165, 1.54) is 12.1 Å².